The Labute approximate surface area is 304 Å². The molecule has 6 aromatic rings. The van der Waals surface area contributed by atoms with Gasteiger partial charge in [-0.25, -0.2) is 22.9 Å². The Morgan fingerprint density at radius 1 is 1.10 bits per heavy atom. The number of aromatic nitrogens is 8. The molecule has 1 unspecified atom stereocenters. The van der Waals surface area contributed by atoms with Gasteiger partial charge >= 0.3 is 5.97 Å². The van der Waals surface area contributed by atoms with Crippen molar-refractivity contribution in [1.82, 2.24) is 39.7 Å². The number of hydrogen-bond donors (Lipinski definition) is 1. The number of ether oxygens (including phenoxy) is 1. The molecular formula is C39H43FN8O3S. The molecule has 270 valence electrons. The normalized spacial score (nSPS) is 19.0. The molecule has 1 N–H and O–H groups in total. The van der Waals surface area contributed by atoms with Gasteiger partial charge in [-0.15, -0.1) is 5.10 Å². The van der Waals surface area contributed by atoms with Crippen LogP contribution in [0.1, 0.15) is 88.0 Å². The summed E-state index contributed by atoms with van der Waals surface area (Å²) in [7, 11) is -0.0846. The van der Waals surface area contributed by atoms with Crippen molar-refractivity contribution >= 4 is 27.7 Å². The second kappa shape index (κ2) is 14.2. The molecule has 0 saturated carbocycles. The molecule has 4 aromatic heterocycles. The number of aryl methyl sites for hydroxylation is 2. The number of H-pyrrole nitrogens is 1. The maximum Gasteiger partial charge on any atom is 0.306 e. The minimum atomic E-state index is -1.91. The Kier molecular flexibility index (Phi) is 9.64. The summed E-state index contributed by atoms with van der Waals surface area (Å²) in [5, 5.41) is 14.7. The molecule has 0 radical (unpaired) electrons. The van der Waals surface area contributed by atoms with E-state index in [0.29, 0.717) is 52.8 Å². The lowest BCUT2D eigenvalue weighted by atomic mass is 9.75. The maximum atomic E-state index is 16.0. The first-order valence-corrected chi connectivity index (χ1v) is 18.9. The Morgan fingerprint density at radius 2 is 1.92 bits per heavy atom. The summed E-state index contributed by atoms with van der Waals surface area (Å²) in [6.45, 7) is 8.84. The van der Waals surface area contributed by atoms with Crippen LogP contribution in [0, 0.1) is 5.82 Å². The summed E-state index contributed by atoms with van der Waals surface area (Å²) < 4.78 is 39.0. The highest BCUT2D eigenvalue weighted by atomic mass is 32.2. The number of carbonyl (C=O) groups excluding carboxylic acids is 1. The molecule has 0 aliphatic carbocycles. The SMILES string of the molecule is CCOC(=O)CCc1cccc([C@@]2(C)CCCCC(C)(C)c3cn(nn3)Cc3c(c(F)cc4[nH]ccc34)S(=O)c3ccnc(c3)-c3nc2nn3C)c1. The molecule has 1 aliphatic heterocycles. The van der Waals surface area contributed by atoms with E-state index in [1.54, 1.807) is 33.9 Å². The Balaban J connectivity index is 1.34. The highest BCUT2D eigenvalue weighted by Gasteiger charge is 2.35. The fraction of sp³-hybridized carbons (Fsp3) is 0.385. The van der Waals surface area contributed by atoms with Crippen molar-refractivity contribution in [1.29, 1.82) is 0 Å². The number of benzene rings is 2. The molecule has 0 saturated heterocycles. The standard InChI is InChI=1S/C39H43FN8O3S/c1-6-51-34(49)13-12-25-10-9-11-26(20-25)39(4)17-8-7-16-38(2,3)33-24-48(46-44-33)23-29-28-15-19-41-31(28)22-30(40)35(29)52(50)27-14-18-42-32(21-27)36-43-37(39)45-47(36)5/h9-11,14-15,18-22,24,41H,6-8,12-13,16-17,23H2,1-5H3/t39-,52?/m1/s1. The van der Waals surface area contributed by atoms with E-state index in [1.165, 1.54) is 6.07 Å². The van der Waals surface area contributed by atoms with E-state index in [0.717, 1.165) is 47.9 Å². The first-order valence-electron chi connectivity index (χ1n) is 17.7. The molecule has 2 atom stereocenters. The van der Waals surface area contributed by atoms with E-state index in [9.17, 15) is 9.00 Å². The van der Waals surface area contributed by atoms with E-state index < -0.39 is 22.0 Å². The van der Waals surface area contributed by atoms with Gasteiger partial charge in [0.25, 0.3) is 0 Å². The van der Waals surface area contributed by atoms with Gasteiger partial charge in [0.2, 0.25) is 0 Å². The molecule has 0 amide bonds. The zero-order valence-electron chi connectivity index (χ0n) is 30.1. The number of rotatable bonds is 5. The topological polar surface area (TPSA) is 133 Å². The lowest BCUT2D eigenvalue weighted by Gasteiger charge is -2.29. The summed E-state index contributed by atoms with van der Waals surface area (Å²) in [5.41, 5.74) is 3.70. The summed E-state index contributed by atoms with van der Waals surface area (Å²) >= 11 is 0. The van der Waals surface area contributed by atoms with Crippen molar-refractivity contribution in [3.8, 4) is 11.5 Å². The van der Waals surface area contributed by atoms with Crippen LogP contribution in [0.4, 0.5) is 4.39 Å². The predicted octanol–water partition coefficient (Wildman–Crippen LogP) is 6.96. The third-order valence-corrected chi connectivity index (χ3v) is 11.7. The molecule has 2 aromatic carbocycles. The third kappa shape index (κ3) is 6.81. The molecule has 7 rings (SSSR count). The van der Waals surface area contributed by atoms with E-state index >= 15 is 4.39 Å². The zero-order chi connectivity index (χ0) is 36.6. The van der Waals surface area contributed by atoms with Crippen LogP contribution in [-0.4, -0.2) is 56.5 Å². The minimum absolute atomic E-state index is 0.0903. The van der Waals surface area contributed by atoms with Crippen molar-refractivity contribution in [3.05, 3.63) is 101 Å². The molecule has 6 bridgehead atoms. The minimum Gasteiger partial charge on any atom is -0.466 e. The number of esters is 1. The maximum absolute atomic E-state index is 16.0. The molecular weight excluding hydrogens is 680 g/mol. The lowest BCUT2D eigenvalue weighted by Crippen LogP contribution is -2.26. The second-order valence-corrected chi connectivity index (χ2v) is 15.8. The van der Waals surface area contributed by atoms with Crippen LogP contribution in [0.25, 0.3) is 22.4 Å². The van der Waals surface area contributed by atoms with Crippen LogP contribution in [0.5, 0.6) is 0 Å². The summed E-state index contributed by atoms with van der Waals surface area (Å²) in [6.07, 6.45) is 9.52. The zero-order valence-corrected chi connectivity index (χ0v) is 31.0. The molecule has 1 aliphatic rings. The van der Waals surface area contributed by atoms with Crippen molar-refractivity contribution in [2.45, 2.75) is 93.4 Å². The molecule has 0 spiro atoms. The highest BCUT2D eigenvalue weighted by Crippen LogP contribution is 2.39. The molecule has 5 heterocycles. The highest BCUT2D eigenvalue weighted by molar-refractivity contribution is 7.85. The fourth-order valence-corrected chi connectivity index (χ4v) is 8.42. The number of nitrogens with zero attached hydrogens (tertiary/aromatic N) is 7. The number of fused-ring (bicyclic) bond motifs is 10. The van der Waals surface area contributed by atoms with Gasteiger partial charge in [0, 0.05) is 58.8 Å². The number of hydrogen-bond acceptors (Lipinski definition) is 8. The molecule has 52 heavy (non-hydrogen) atoms. The van der Waals surface area contributed by atoms with Crippen molar-refractivity contribution in [2.75, 3.05) is 6.61 Å². The summed E-state index contributed by atoms with van der Waals surface area (Å²) in [6, 6.07) is 14.9. The van der Waals surface area contributed by atoms with E-state index in [2.05, 4.69) is 53.2 Å². The largest absolute Gasteiger partial charge is 0.466 e. The van der Waals surface area contributed by atoms with Gasteiger partial charge in [-0.05, 0) is 68.5 Å². The first kappa shape index (κ1) is 35.4. The smallest absolute Gasteiger partial charge is 0.306 e. The van der Waals surface area contributed by atoms with Crippen LogP contribution < -0.4 is 0 Å². The number of aromatic amines is 1. The second-order valence-electron chi connectivity index (χ2n) is 14.4. The summed E-state index contributed by atoms with van der Waals surface area (Å²) in [4.78, 5) is 25.4. The van der Waals surface area contributed by atoms with Crippen LogP contribution in [-0.2, 0) is 51.2 Å². The predicted molar refractivity (Wildman–Crippen MR) is 196 cm³/mol. The van der Waals surface area contributed by atoms with Gasteiger partial charge in [0.1, 0.15) is 11.5 Å². The van der Waals surface area contributed by atoms with Crippen LogP contribution >= 0.6 is 0 Å². The lowest BCUT2D eigenvalue weighted by molar-refractivity contribution is -0.143. The van der Waals surface area contributed by atoms with E-state index in [1.807, 2.05) is 38.4 Å². The van der Waals surface area contributed by atoms with Crippen LogP contribution in [0.15, 0.2) is 76.9 Å². The van der Waals surface area contributed by atoms with Gasteiger partial charge in [-0.2, -0.15) is 5.10 Å². The number of nitrogens with one attached hydrogen (secondary N) is 1. The van der Waals surface area contributed by atoms with E-state index in [-0.39, 0.29) is 22.8 Å². The fourth-order valence-electron chi connectivity index (χ4n) is 7.15. The van der Waals surface area contributed by atoms with Gasteiger partial charge < -0.3 is 9.72 Å². The summed E-state index contributed by atoms with van der Waals surface area (Å²) in [5.74, 6) is 0.347. The van der Waals surface area contributed by atoms with Crippen molar-refractivity contribution < 1.29 is 18.1 Å². The Bertz CT molecular complexity index is 2290. The average molecular weight is 723 g/mol. The monoisotopic (exact) mass is 722 g/mol. The Morgan fingerprint density at radius 3 is 2.75 bits per heavy atom. The van der Waals surface area contributed by atoms with Gasteiger partial charge in [0.05, 0.1) is 40.0 Å². The van der Waals surface area contributed by atoms with Crippen LogP contribution in [0.2, 0.25) is 0 Å². The number of pyridine rings is 1. The first-order chi connectivity index (χ1) is 25.0. The van der Waals surface area contributed by atoms with E-state index in [4.69, 9.17) is 14.8 Å². The van der Waals surface area contributed by atoms with Gasteiger partial charge in [-0.1, -0.05) is 56.2 Å². The third-order valence-electron chi connectivity index (χ3n) is 10.3. The average Bonchev–Trinajstić information content (AvgIpc) is 3.90. The van der Waals surface area contributed by atoms with Crippen molar-refractivity contribution in [3.63, 3.8) is 0 Å². The molecule has 0 fully saturated rings. The Hall–Kier alpha value is -5.04. The quantitative estimate of drug-likeness (QED) is 0.189. The number of carbonyl (C=O) groups is 1. The van der Waals surface area contributed by atoms with Gasteiger partial charge in [0.15, 0.2) is 11.6 Å². The molecule has 11 nitrogen and oxygen atoms in total. The van der Waals surface area contributed by atoms with Crippen LogP contribution in [0.3, 0.4) is 0 Å². The van der Waals surface area contributed by atoms with Crippen molar-refractivity contribution in [2.24, 2.45) is 7.05 Å². The number of halogens is 1. The molecule has 13 heteroatoms. The van der Waals surface area contributed by atoms with Gasteiger partial charge in [-0.3, -0.25) is 9.78 Å².